The Bertz CT molecular complexity index is 163. The van der Waals surface area contributed by atoms with Crippen molar-refractivity contribution < 1.29 is 8.98 Å². The maximum atomic E-state index is 11.0. The van der Waals surface area contributed by atoms with Gasteiger partial charge >= 0.3 is 0 Å². The van der Waals surface area contributed by atoms with Gasteiger partial charge in [-0.1, -0.05) is 6.58 Å². The predicted molar refractivity (Wildman–Crippen MR) is 55.4 cm³/mol. The quantitative estimate of drug-likeness (QED) is 0.486. The molecule has 0 unspecified atom stereocenters. The van der Waals surface area contributed by atoms with Gasteiger partial charge in [-0.05, 0) is 12.5 Å². The molecular weight excluding hydrogens is 277 g/mol. The zero-order chi connectivity index (χ0) is 8.85. The molecule has 0 rings (SSSR count). The lowest BCUT2D eigenvalue weighted by atomic mass is 10.2. The van der Waals surface area contributed by atoms with Crippen LogP contribution in [0.25, 0.3) is 0 Å². The Labute approximate surface area is 82.7 Å². The third kappa shape index (κ3) is 3.97. The zero-order valence-corrected chi connectivity index (χ0v) is 9.36. The molecule has 1 amide bonds. The van der Waals surface area contributed by atoms with E-state index in [0.717, 1.165) is 9.21 Å². The number of hydrogen-bond donors (Lipinski definition) is 1. The van der Waals surface area contributed by atoms with Gasteiger partial charge < -0.3 is 5.32 Å². The molecule has 0 heterocycles. The Morgan fingerprint density at radius 3 is 2.64 bits per heavy atom. The first-order valence-electron chi connectivity index (χ1n) is 2.94. The van der Waals surface area contributed by atoms with E-state index in [1.165, 1.54) is 0 Å². The molecule has 0 aliphatic heterocycles. The van der Waals surface area contributed by atoms with Gasteiger partial charge in [0, 0.05) is 28.3 Å². The minimum absolute atomic E-state index is 0.165. The van der Waals surface area contributed by atoms with Crippen LogP contribution in [0.1, 0.15) is 6.92 Å². The normalized spacial score (nSPS) is 12.3. The van der Waals surface area contributed by atoms with Crippen LogP contribution in [0.5, 0.6) is 0 Å². The van der Waals surface area contributed by atoms with E-state index in [-0.39, 0.29) is 5.91 Å². The number of nitrogens with one attached hydrogen (secondary N) is 1. The second-order valence-corrected chi connectivity index (χ2v) is 3.40. The first-order valence-corrected chi connectivity index (χ1v) is 6.23. The zero-order valence-electron chi connectivity index (χ0n) is 6.39. The fraction of sp³-hybridized carbons (Fsp3) is 0.500. The van der Waals surface area contributed by atoms with E-state index in [9.17, 15) is 4.79 Å². The summed E-state index contributed by atoms with van der Waals surface area (Å²) < 4.78 is 5.05. The highest BCUT2D eigenvalue weighted by atomic mass is 127. The molecule has 1 N–H and O–H groups in total. The van der Waals surface area contributed by atoms with E-state index in [0.29, 0.717) is 5.57 Å². The lowest BCUT2D eigenvalue weighted by Gasteiger charge is -2.12. The molecule has 64 valence electrons. The van der Waals surface area contributed by atoms with Gasteiger partial charge in [-0.2, -0.15) is 0 Å². The van der Waals surface area contributed by atoms with E-state index in [2.05, 4.69) is 11.9 Å². The first-order chi connectivity index (χ1) is 5.13. The van der Waals surface area contributed by atoms with Crippen LogP contribution < -0.4 is 5.32 Å². The lowest BCUT2D eigenvalue weighted by molar-refractivity contribution is -0.125. The van der Waals surface area contributed by atoms with Gasteiger partial charge in [0.25, 0.3) is 5.91 Å². The fourth-order valence-corrected chi connectivity index (χ4v) is 1.46. The summed E-state index contributed by atoms with van der Waals surface area (Å²) in [6.45, 7) is 5.40. The summed E-state index contributed by atoms with van der Waals surface area (Å²) in [4.78, 5) is 11.0. The summed E-state index contributed by atoms with van der Waals surface area (Å²) in [5, 5.41) is 2.49. The van der Waals surface area contributed by atoms with Gasteiger partial charge in [0.15, 0.2) is 6.10 Å². The minimum atomic E-state index is -0.540. The van der Waals surface area contributed by atoms with Crippen molar-refractivity contribution in [3.05, 3.63) is 12.2 Å². The predicted octanol–water partition coefficient (Wildman–Crippen LogP) is 1.69. The number of rotatable bonds is 4. The number of halogens is 1. The molecule has 0 fully saturated rings. The summed E-state index contributed by atoms with van der Waals surface area (Å²) in [7, 11) is 2.70. The number of likely N-dealkylation sites (N-methyl/N-ethyl adjacent to an activating group) is 1. The highest BCUT2D eigenvalue weighted by molar-refractivity contribution is 14.2. The van der Waals surface area contributed by atoms with Crippen molar-refractivity contribution in [1.82, 2.24) is 5.32 Å². The highest BCUT2D eigenvalue weighted by Gasteiger charge is 2.18. The van der Waals surface area contributed by atoms with E-state index in [1.807, 2.05) is 21.2 Å². The van der Waals surface area contributed by atoms with Crippen molar-refractivity contribution in [2.75, 3.05) is 7.05 Å². The molecule has 0 spiro atoms. The van der Waals surface area contributed by atoms with E-state index in [4.69, 9.17) is 4.18 Å². The largest absolute Gasteiger partial charge is 0.357 e. The van der Waals surface area contributed by atoms with E-state index >= 15 is 0 Å². The molecule has 0 bridgehead atoms. The van der Waals surface area contributed by atoms with Crippen LogP contribution in [0.15, 0.2) is 12.2 Å². The summed E-state index contributed by atoms with van der Waals surface area (Å²) in [6.07, 6.45) is -0.540. The van der Waals surface area contributed by atoms with Crippen molar-refractivity contribution in [1.29, 1.82) is 0 Å². The molecule has 0 saturated carbocycles. The van der Waals surface area contributed by atoms with Crippen LogP contribution in [0.2, 0.25) is 0 Å². The first kappa shape index (κ1) is 11.2. The standard InChI is InChI=1S/C6H10INO2S/c1-4(2)5(10-11-7)6(9)8-3/h5H,1H2,2-3H3,(H,8,9)/t5-/m0/s1. The van der Waals surface area contributed by atoms with Gasteiger partial charge in [-0.25, -0.2) is 0 Å². The lowest BCUT2D eigenvalue weighted by Crippen LogP contribution is -2.33. The van der Waals surface area contributed by atoms with E-state index in [1.54, 1.807) is 14.0 Å². The number of hydrogen-bond acceptors (Lipinski definition) is 3. The molecule has 0 aromatic heterocycles. The third-order valence-corrected chi connectivity index (χ3v) is 1.95. The number of carbonyl (C=O) groups excluding carboxylic acids is 1. The van der Waals surface area contributed by atoms with E-state index < -0.39 is 6.10 Å². The van der Waals surface area contributed by atoms with Gasteiger partial charge in [-0.15, -0.1) is 0 Å². The summed E-state index contributed by atoms with van der Waals surface area (Å²) in [5.41, 5.74) is 0.702. The smallest absolute Gasteiger partial charge is 0.254 e. The van der Waals surface area contributed by atoms with Crippen LogP contribution in [-0.2, 0) is 8.98 Å². The topological polar surface area (TPSA) is 38.3 Å². The molecule has 0 radical (unpaired) electrons. The second kappa shape index (κ2) is 5.84. The Morgan fingerprint density at radius 1 is 1.82 bits per heavy atom. The van der Waals surface area contributed by atoms with Crippen molar-refractivity contribution in [3.63, 3.8) is 0 Å². The fourth-order valence-electron chi connectivity index (χ4n) is 0.517. The van der Waals surface area contributed by atoms with Crippen LogP contribution in [0.4, 0.5) is 0 Å². The molecule has 1 atom stereocenters. The van der Waals surface area contributed by atoms with Gasteiger partial charge in [0.05, 0.1) is 9.21 Å². The summed E-state index contributed by atoms with van der Waals surface area (Å²) in [5.74, 6) is -0.165. The van der Waals surface area contributed by atoms with Crippen LogP contribution in [-0.4, -0.2) is 19.1 Å². The molecule has 0 aliphatic carbocycles. The molecule has 0 aromatic rings. The Kier molecular flexibility index (Phi) is 5.98. The monoisotopic (exact) mass is 287 g/mol. The molecule has 0 saturated heterocycles. The second-order valence-electron chi connectivity index (χ2n) is 2.00. The number of carbonyl (C=O) groups is 1. The maximum absolute atomic E-state index is 11.0. The molecule has 5 heteroatoms. The van der Waals surface area contributed by atoms with Crippen molar-refractivity contribution in [2.24, 2.45) is 0 Å². The average molecular weight is 287 g/mol. The van der Waals surface area contributed by atoms with Crippen molar-refractivity contribution >= 4 is 36.3 Å². The summed E-state index contributed by atoms with van der Waals surface area (Å²) >= 11 is 1.96. The maximum Gasteiger partial charge on any atom is 0.254 e. The van der Waals surface area contributed by atoms with Crippen LogP contribution in [0, 0.1) is 0 Å². The molecule has 0 aliphatic rings. The summed E-state index contributed by atoms with van der Waals surface area (Å²) in [6, 6.07) is 0. The Morgan fingerprint density at radius 2 is 2.36 bits per heavy atom. The van der Waals surface area contributed by atoms with Gasteiger partial charge in [-0.3, -0.25) is 8.98 Å². The highest BCUT2D eigenvalue weighted by Crippen LogP contribution is 2.19. The van der Waals surface area contributed by atoms with Crippen LogP contribution in [0.3, 0.4) is 0 Å². The number of amides is 1. The van der Waals surface area contributed by atoms with Gasteiger partial charge in [0.2, 0.25) is 0 Å². The molecular formula is C6H10INO2S. The third-order valence-electron chi connectivity index (χ3n) is 1.06. The van der Waals surface area contributed by atoms with Crippen molar-refractivity contribution in [2.45, 2.75) is 13.0 Å². The molecule has 3 nitrogen and oxygen atoms in total. The Balaban J connectivity index is 4.09. The van der Waals surface area contributed by atoms with Gasteiger partial charge in [0.1, 0.15) is 0 Å². The van der Waals surface area contributed by atoms with Crippen LogP contribution >= 0.6 is 30.4 Å². The Hall–Kier alpha value is 0.250. The van der Waals surface area contributed by atoms with Crippen molar-refractivity contribution in [3.8, 4) is 0 Å². The molecule has 11 heavy (non-hydrogen) atoms. The minimum Gasteiger partial charge on any atom is -0.357 e. The SMILES string of the molecule is C=C(C)[C@H](OSI)C(=O)NC. The average Bonchev–Trinajstić information content (AvgIpc) is 1.98. The molecule has 0 aromatic carbocycles.